The largest absolute Gasteiger partial charge is 0.497 e. The van der Waals surface area contributed by atoms with E-state index in [2.05, 4.69) is 9.69 Å². The standard InChI is InChI=1S/C24H27N5O5S/c1-14-6-4-5-7-17(14)29(24(32)21-18(25)19(22(26)30)28-35-21)20(23(31)27-12-13-33-2)15-8-10-16(34-3)11-9-15/h4-11,20H,12-13,25H2,1-3H3,(H2,26,30)(H,27,31)/t20-/m0/s1. The molecule has 0 saturated carbocycles. The highest BCUT2D eigenvalue weighted by Gasteiger charge is 2.36. The van der Waals surface area contributed by atoms with E-state index in [1.807, 2.05) is 19.1 Å². The highest BCUT2D eigenvalue weighted by atomic mass is 32.1. The lowest BCUT2D eigenvalue weighted by molar-refractivity contribution is -0.122. The molecule has 3 rings (SSSR count). The zero-order valence-corrected chi connectivity index (χ0v) is 20.4. The second-order valence-corrected chi connectivity index (χ2v) is 8.33. The zero-order valence-electron chi connectivity index (χ0n) is 19.6. The Morgan fingerprint density at radius 3 is 2.37 bits per heavy atom. The fourth-order valence-corrected chi connectivity index (χ4v) is 4.26. The maximum Gasteiger partial charge on any atom is 0.273 e. The number of nitrogens with two attached hydrogens (primary N) is 2. The van der Waals surface area contributed by atoms with Gasteiger partial charge in [-0.25, -0.2) is 0 Å². The number of anilines is 2. The number of benzene rings is 2. The monoisotopic (exact) mass is 497 g/mol. The quantitative estimate of drug-likeness (QED) is 0.364. The molecule has 0 bridgehead atoms. The van der Waals surface area contributed by atoms with Crippen LogP contribution in [0.2, 0.25) is 0 Å². The fourth-order valence-electron chi connectivity index (χ4n) is 3.51. The Hall–Kier alpha value is -3.96. The SMILES string of the molecule is COCCNC(=O)[C@H](c1ccc(OC)cc1)N(C(=O)c1snc(C(N)=O)c1N)c1ccccc1C. The smallest absolute Gasteiger partial charge is 0.273 e. The van der Waals surface area contributed by atoms with E-state index in [9.17, 15) is 14.4 Å². The number of nitrogens with zero attached hydrogens (tertiary/aromatic N) is 2. The van der Waals surface area contributed by atoms with Crippen molar-refractivity contribution in [2.75, 3.05) is 38.0 Å². The van der Waals surface area contributed by atoms with Gasteiger partial charge in [-0.3, -0.25) is 19.3 Å². The van der Waals surface area contributed by atoms with Gasteiger partial charge in [0, 0.05) is 19.3 Å². The number of amides is 3. The number of carbonyl (C=O) groups excluding carboxylic acids is 3. The molecule has 10 nitrogen and oxygen atoms in total. The maximum absolute atomic E-state index is 14.0. The van der Waals surface area contributed by atoms with Crippen LogP contribution in [0.15, 0.2) is 48.5 Å². The summed E-state index contributed by atoms with van der Waals surface area (Å²) in [5.41, 5.74) is 12.9. The summed E-state index contributed by atoms with van der Waals surface area (Å²) in [6, 6.07) is 12.9. The molecule has 0 radical (unpaired) electrons. The fraction of sp³-hybridized carbons (Fsp3) is 0.250. The van der Waals surface area contributed by atoms with Crippen LogP contribution in [0, 0.1) is 6.92 Å². The third-order valence-corrected chi connectivity index (χ3v) is 6.14. The van der Waals surface area contributed by atoms with Gasteiger partial charge in [0.1, 0.15) is 16.7 Å². The van der Waals surface area contributed by atoms with Crippen molar-refractivity contribution in [2.24, 2.45) is 5.73 Å². The van der Waals surface area contributed by atoms with E-state index in [0.717, 1.165) is 17.1 Å². The summed E-state index contributed by atoms with van der Waals surface area (Å²) in [6.07, 6.45) is 0. The highest BCUT2D eigenvalue weighted by molar-refractivity contribution is 7.09. The van der Waals surface area contributed by atoms with E-state index < -0.39 is 23.8 Å². The van der Waals surface area contributed by atoms with E-state index in [1.54, 1.807) is 36.4 Å². The molecular weight excluding hydrogens is 470 g/mol. The summed E-state index contributed by atoms with van der Waals surface area (Å²) < 4.78 is 14.3. The zero-order chi connectivity index (χ0) is 25.5. The first-order valence-corrected chi connectivity index (χ1v) is 11.4. The number of rotatable bonds is 10. The number of carbonyl (C=O) groups is 3. The molecule has 0 fully saturated rings. The Kier molecular flexibility index (Phi) is 8.39. The molecule has 5 N–H and O–H groups in total. The van der Waals surface area contributed by atoms with Gasteiger partial charge in [-0.1, -0.05) is 30.3 Å². The van der Waals surface area contributed by atoms with Crippen molar-refractivity contribution in [1.82, 2.24) is 9.69 Å². The second kappa shape index (κ2) is 11.4. The average molecular weight is 498 g/mol. The predicted octanol–water partition coefficient (Wildman–Crippen LogP) is 2.29. The Balaban J connectivity index is 2.19. The van der Waals surface area contributed by atoms with Gasteiger partial charge in [-0.2, -0.15) is 4.37 Å². The summed E-state index contributed by atoms with van der Waals surface area (Å²) in [6.45, 7) is 2.36. The molecule has 3 aromatic rings. The average Bonchev–Trinajstić information content (AvgIpc) is 3.24. The molecule has 184 valence electrons. The van der Waals surface area contributed by atoms with E-state index in [4.69, 9.17) is 20.9 Å². The number of hydrogen-bond acceptors (Lipinski definition) is 8. The molecule has 0 spiro atoms. The molecule has 1 atom stereocenters. The Labute approximate surface area is 207 Å². The van der Waals surface area contributed by atoms with E-state index in [-0.39, 0.29) is 22.8 Å². The number of nitrogens with one attached hydrogen (secondary N) is 1. The maximum atomic E-state index is 14.0. The van der Waals surface area contributed by atoms with Crippen LogP contribution in [-0.4, -0.2) is 49.5 Å². The minimum absolute atomic E-state index is 0.00487. The summed E-state index contributed by atoms with van der Waals surface area (Å²) in [5.74, 6) is -1.27. The van der Waals surface area contributed by atoms with Crippen LogP contribution in [0.3, 0.4) is 0 Å². The van der Waals surface area contributed by atoms with Crippen LogP contribution in [0.4, 0.5) is 11.4 Å². The number of para-hydroxylation sites is 1. The molecule has 35 heavy (non-hydrogen) atoms. The molecule has 2 aromatic carbocycles. The molecule has 1 aromatic heterocycles. The van der Waals surface area contributed by atoms with Crippen molar-refractivity contribution in [3.05, 3.63) is 70.2 Å². The summed E-state index contributed by atoms with van der Waals surface area (Å²) in [5, 5.41) is 2.82. The first-order valence-electron chi connectivity index (χ1n) is 10.6. The van der Waals surface area contributed by atoms with Crippen molar-refractivity contribution >= 4 is 40.6 Å². The number of nitrogen functional groups attached to an aromatic ring is 1. The van der Waals surface area contributed by atoms with Crippen LogP contribution < -0.4 is 26.4 Å². The summed E-state index contributed by atoms with van der Waals surface area (Å²) in [4.78, 5) is 40.5. The summed E-state index contributed by atoms with van der Waals surface area (Å²) >= 11 is 0.755. The molecule has 0 aliphatic heterocycles. The van der Waals surface area contributed by atoms with Gasteiger partial charge >= 0.3 is 0 Å². The Morgan fingerprint density at radius 1 is 1.11 bits per heavy atom. The molecule has 1 heterocycles. The number of hydrogen-bond donors (Lipinski definition) is 3. The third kappa shape index (κ3) is 5.58. The van der Waals surface area contributed by atoms with Crippen LogP contribution in [0.25, 0.3) is 0 Å². The lowest BCUT2D eigenvalue weighted by Gasteiger charge is -2.32. The molecule has 11 heteroatoms. The number of primary amides is 1. The second-order valence-electron chi connectivity index (χ2n) is 7.56. The number of aromatic nitrogens is 1. The minimum Gasteiger partial charge on any atom is -0.497 e. The normalized spacial score (nSPS) is 11.5. The Bertz CT molecular complexity index is 1210. The molecule has 0 aliphatic rings. The predicted molar refractivity (Wildman–Crippen MR) is 134 cm³/mol. The molecule has 0 unspecified atom stereocenters. The van der Waals surface area contributed by atoms with E-state index >= 15 is 0 Å². The van der Waals surface area contributed by atoms with Crippen molar-refractivity contribution < 1.29 is 23.9 Å². The van der Waals surface area contributed by atoms with Crippen LogP contribution >= 0.6 is 11.5 Å². The van der Waals surface area contributed by atoms with Crippen molar-refractivity contribution in [1.29, 1.82) is 0 Å². The minimum atomic E-state index is -1.08. The van der Waals surface area contributed by atoms with Gasteiger partial charge in [0.25, 0.3) is 11.8 Å². The first-order chi connectivity index (χ1) is 16.8. The molecule has 3 amide bonds. The lowest BCUT2D eigenvalue weighted by atomic mass is 10.0. The number of aryl methyl sites for hydroxylation is 1. The van der Waals surface area contributed by atoms with Gasteiger partial charge in [-0.05, 0) is 47.8 Å². The van der Waals surface area contributed by atoms with E-state index in [1.165, 1.54) is 19.1 Å². The third-order valence-electron chi connectivity index (χ3n) is 5.29. The first kappa shape index (κ1) is 25.7. The molecule has 0 aliphatic carbocycles. The topological polar surface area (TPSA) is 150 Å². The van der Waals surface area contributed by atoms with Crippen LogP contribution in [-0.2, 0) is 9.53 Å². The number of methoxy groups -OCH3 is 2. The number of ether oxygens (including phenoxy) is 2. The van der Waals surface area contributed by atoms with Gasteiger partial charge in [0.15, 0.2) is 5.69 Å². The van der Waals surface area contributed by atoms with Crippen molar-refractivity contribution in [3.63, 3.8) is 0 Å². The molecule has 0 saturated heterocycles. The van der Waals surface area contributed by atoms with Gasteiger partial charge in [0.05, 0.1) is 19.4 Å². The van der Waals surface area contributed by atoms with E-state index in [0.29, 0.717) is 23.6 Å². The van der Waals surface area contributed by atoms with Crippen LogP contribution in [0.1, 0.15) is 37.3 Å². The summed E-state index contributed by atoms with van der Waals surface area (Å²) in [7, 11) is 3.06. The Morgan fingerprint density at radius 2 is 1.80 bits per heavy atom. The molecular formula is C24H27N5O5S. The highest BCUT2D eigenvalue weighted by Crippen LogP contribution is 2.35. The van der Waals surface area contributed by atoms with Gasteiger partial charge < -0.3 is 26.3 Å². The van der Waals surface area contributed by atoms with Gasteiger partial charge in [-0.15, -0.1) is 0 Å². The lowest BCUT2D eigenvalue weighted by Crippen LogP contribution is -2.45. The van der Waals surface area contributed by atoms with Crippen molar-refractivity contribution in [3.8, 4) is 5.75 Å². The van der Waals surface area contributed by atoms with Crippen LogP contribution in [0.5, 0.6) is 5.75 Å². The van der Waals surface area contributed by atoms with Gasteiger partial charge in [0.2, 0.25) is 5.91 Å². The van der Waals surface area contributed by atoms with Crippen molar-refractivity contribution in [2.45, 2.75) is 13.0 Å².